The zero-order valence-corrected chi connectivity index (χ0v) is 22.3. The van der Waals surface area contributed by atoms with Gasteiger partial charge in [-0.1, -0.05) is 36.4 Å². The summed E-state index contributed by atoms with van der Waals surface area (Å²) in [6, 6.07) is 18.5. The molecule has 1 aliphatic heterocycles. The van der Waals surface area contributed by atoms with Crippen molar-refractivity contribution in [2.24, 2.45) is 0 Å². The van der Waals surface area contributed by atoms with Crippen LogP contribution < -0.4 is 24.3 Å². The Bertz CT molecular complexity index is 1300. The number of rotatable bonds is 8. The summed E-state index contributed by atoms with van der Waals surface area (Å²) in [5, 5.41) is 2.57. The summed E-state index contributed by atoms with van der Waals surface area (Å²) in [5.74, 6) is -1.12. The van der Waals surface area contributed by atoms with Crippen molar-refractivity contribution in [3.05, 3.63) is 78.6 Å². The summed E-state index contributed by atoms with van der Waals surface area (Å²) >= 11 is 0. The minimum Gasteiger partial charge on any atom is -0.493 e. The Morgan fingerprint density at radius 1 is 0.950 bits per heavy atom. The average Bonchev–Trinajstić information content (AvgIpc) is 2.99. The number of para-hydroxylation sites is 2. The predicted octanol–water partition coefficient (Wildman–Crippen LogP) is 2.97. The number of hydrogen-bond acceptors (Lipinski definition) is 10. The molecule has 210 valence electrons. The van der Waals surface area contributed by atoms with Gasteiger partial charge >= 0.3 is 11.9 Å². The van der Waals surface area contributed by atoms with Crippen LogP contribution in [0.3, 0.4) is 0 Å². The van der Waals surface area contributed by atoms with Gasteiger partial charge < -0.3 is 33.7 Å². The summed E-state index contributed by atoms with van der Waals surface area (Å²) in [4.78, 5) is 42.0. The molecule has 0 aliphatic carbocycles. The number of amides is 1. The molecular weight excluding hydrogens is 520 g/mol. The number of nitrogens with zero attached hydrogens (tertiary/aromatic N) is 1. The van der Waals surface area contributed by atoms with Crippen molar-refractivity contribution in [1.82, 2.24) is 10.3 Å². The Morgan fingerprint density at radius 3 is 2.23 bits per heavy atom. The van der Waals surface area contributed by atoms with Crippen molar-refractivity contribution in [1.29, 1.82) is 0 Å². The van der Waals surface area contributed by atoms with E-state index in [1.807, 2.05) is 36.4 Å². The second kappa shape index (κ2) is 13.4. The first-order chi connectivity index (χ1) is 19.4. The molecule has 0 unspecified atom stereocenters. The zero-order valence-electron chi connectivity index (χ0n) is 22.3. The van der Waals surface area contributed by atoms with Gasteiger partial charge in [0.05, 0.1) is 20.3 Å². The number of carbonyl (C=O) groups excluding carboxylic acids is 3. The van der Waals surface area contributed by atoms with Crippen LogP contribution in [0.2, 0.25) is 0 Å². The van der Waals surface area contributed by atoms with Gasteiger partial charge in [-0.15, -0.1) is 0 Å². The van der Waals surface area contributed by atoms with Crippen LogP contribution in [0.1, 0.15) is 24.3 Å². The molecule has 4 atom stereocenters. The van der Waals surface area contributed by atoms with Gasteiger partial charge in [0.25, 0.3) is 5.91 Å². The lowest BCUT2D eigenvalue weighted by Crippen LogP contribution is -2.48. The lowest BCUT2D eigenvalue weighted by molar-refractivity contribution is -0.156. The number of esters is 2. The minimum absolute atomic E-state index is 0.0237. The molecule has 0 saturated carbocycles. The molecule has 1 saturated heterocycles. The number of hydrogen-bond donors (Lipinski definition) is 1. The second-order valence-electron chi connectivity index (χ2n) is 8.85. The topological polar surface area (TPSA) is 132 Å². The van der Waals surface area contributed by atoms with Crippen LogP contribution >= 0.6 is 0 Å². The standard InChI is InChI=1S/C29H30N2O9/c1-18-26(40-21-12-8-5-9-13-21)24(39-20-10-6-4-7-11-20)17-36-16-22(29(34)37-18)31-28(33)25-27(38-19(2)32)23(35-3)14-15-30-25/h4-15,18,22,24,26H,16-17H2,1-3H3,(H,31,33)/t18-,22-,24-,26-/m0/s1. The van der Waals surface area contributed by atoms with Crippen LogP contribution in [0.4, 0.5) is 0 Å². The van der Waals surface area contributed by atoms with E-state index < -0.39 is 42.2 Å². The fourth-order valence-corrected chi connectivity index (χ4v) is 4.03. The first-order valence-electron chi connectivity index (χ1n) is 12.6. The average molecular weight is 551 g/mol. The quantitative estimate of drug-likeness (QED) is 0.418. The van der Waals surface area contributed by atoms with Crippen LogP contribution in [0.15, 0.2) is 72.9 Å². The fraction of sp³-hybridized carbons (Fsp3) is 0.310. The molecule has 3 aromatic rings. The normalized spacial score (nSPS) is 21.0. The van der Waals surface area contributed by atoms with Crippen molar-refractivity contribution >= 4 is 17.8 Å². The monoisotopic (exact) mass is 550 g/mol. The zero-order chi connectivity index (χ0) is 28.5. The fourth-order valence-electron chi connectivity index (χ4n) is 4.03. The van der Waals surface area contributed by atoms with Gasteiger partial charge in [-0.2, -0.15) is 0 Å². The van der Waals surface area contributed by atoms with Crippen molar-refractivity contribution in [2.45, 2.75) is 38.2 Å². The molecule has 1 amide bonds. The van der Waals surface area contributed by atoms with Crippen molar-refractivity contribution < 1.29 is 42.8 Å². The molecule has 1 fully saturated rings. The van der Waals surface area contributed by atoms with E-state index in [1.54, 1.807) is 31.2 Å². The van der Waals surface area contributed by atoms with Gasteiger partial charge in [0.15, 0.2) is 29.7 Å². The van der Waals surface area contributed by atoms with Crippen molar-refractivity contribution in [2.75, 3.05) is 20.3 Å². The van der Waals surface area contributed by atoms with Gasteiger partial charge in [0.1, 0.15) is 17.6 Å². The predicted molar refractivity (Wildman–Crippen MR) is 141 cm³/mol. The Labute approximate surface area is 231 Å². The number of carbonyl (C=O) groups is 3. The summed E-state index contributed by atoms with van der Waals surface area (Å²) in [7, 11) is 1.36. The highest BCUT2D eigenvalue weighted by molar-refractivity contribution is 5.98. The molecule has 11 heteroatoms. The van der Waals surface area contributed by atoms with Crippen LogP contribution in [0, 0.1) is 0 Å². The number of cyclic esters (lactones) is 1. The molecule has 11 nitrogen and oxygen atoms in total. The number of pyridine rings is 1. The Kier molecular flexibility index (Phi) is 9.53. The summed E-state index contributed by atoms with van der Waals surface area (Å²) < 4.78 is 34.4. The third-order valence-electron chi connectivity index (χ3n) is 5.88. The molecule has 0 radical (unpaired) electrons. The Morgan fingerprint density at radius 2 is 1.60 bits per heavy atom. The third kappa shape index (κ3) is 7.26. The molecule has 4 rings (SSSR count). The summed E-state index contributed by atoms with van der Waals surface area (Å²) in [5.41, 5.74) is -0.245. The highest BCUT2D eigenvalue weighted by Gasteiger charge is 2.38. The summed E-state index contributed by atoms with van der Waals surface area (Å²) in [6.45, 7) is 2.66. The molecular formula is C29H30N2O9. The SMILES string of the molecule is COc1ccnc(C(=O)N[C@H]2COC[C@H](Oc3ccccc3)[C@@H](Oc3ccccc3)[C@H](C)OC2=O)c1OC(C)=O. The van der Waals surface area contributed by atoms with Crippen molar-refractivity contribution in [3.63, 3.8) is 0 Å². The second-order valence-corrected chi connectivity index (χ2v) is 8.85. The maximum atomic E-state index is 13.2. The van der Waals surface area contributed by atoms with Crippen LogP contribution in [-0.4, -0.2) is 67.5 Å². The largest absolute Gasteiger partial charge is 0.493 e. The first-order valence-corrected chi connectivity index (χ1v) is 12.6. The van der Waals surface area contributed by atoms with E-state index >= 15 is 0 Å². The maximum absolute atomic E-state index is 13.2. The maximum Gasteiger partial charge on any atom is 0.331 e. The van der Waals surface area contributed by atoms with Gasteiger partial charge in [-0.25, -0.2) is 9.78 Å². The molecule has 1 aromatic heterocycles. The molecule has 40 heavy (non-hydrogen) atoms. The molecule has 2 heterocycles. The van der Waals surface area contributed by atoms with Gasteiger partial charge in [-0.3, -0.25) is 9.59 Å². The van der Waals surface area contributed by atoms with Crippen LogP contribution in [-0.2, 0) is 19.1 Å². The Hall–Kier alpha value is -4.64. The molecule has 0 bridgehead atoms. The minimum atomic E-state index is -1.21. The molecule has 0 spiro atoms. The number of nitrogens with one attached hydrogen (secondary N) is 1. The van der Waals surface area contributed by atoms with Gasteiger partial charge in [0.2, 0.25) is 5.75 Å². The van der Waals surface area contributed by atoms with Crippen LogP contribution in [0.5, 0.6) is 23.0 Å². The van der Waals surface area contributed by atoms with E-state index in [-0.39, 0.29) is 30.4 Å². The number of methoxy groups -OCH3 is 1. The van der Waals surface area contributed by atoms with E-state index in [0.29, 0.717) is 11.5 Å². The van der Waals surface area contributed by atoms with E-state index in [1.165, 1.54) is 26.3 Å². The van der Waals surface area contributed by atoms with Gasteiger partial charge in [-0.05, 0) is 31.2 Å². The summed E-state index contributed by atoms with van der Waals surface area (Å²) in [6.07, 6.45) is -0.904. The third-order valence-corrected chi connectivity index (χ3v) is 5.88. The number of benzene rings is 2. The van der Waals surface area contributed by atoms with Crippen LogP contribution in [0.25, 0.3) is 0 Å². The van der Waals surface area contributed by atoms with Gasteiger partial charge in [0, 0.05) is 19.2 Å². The number of ether oxygens (including phenoxy) is 6. The van der Waals surface area contributed by atoms with E-state index in [0.717, 1.165) is 0 Å². The highest BCUT2D eigenvalue weighted by Crippen LogP contribution is 2.30. The lowest BCUT2D eigenvalue weighted by atomic mass is 10.1. The molecule has 1 aliphatic rings. The number of aromatic nitrogens is 1. The lowest BCUT2D eigenvalue weighted by Gasteiger charge is -2.31. The van der Waals surface area contributed by atoms with Crippen molar-refractivity contribution in [3.8, 4) is 23.0 Å². The van der Waals surface area contributed by atoms with E-state index in [9.17, 15) is 14.4 Å². The first kappa shape index (κ1) is 28.4. The van der Waals surface area contributed by atoms with E-state index in [4.69, 9.17) is 28.4 Å². The highest BCUT2D eigenvalue weighted by atomic mass is 16.6. The molecule has 1 N–H and O–H groups in total. The Balaban J connectivity index is 1.56. The van der Waals surface area contributed by atoms with E-state index in [2.05, 4.69) is 10.3 Å². The molecule has 2 aromatic carbocycles. The smallest absolute Gasteiger partial charge is 0.331 e.